The highest BCUT2D eigenvalue weighted by atomic mass is 15.2. The average Bonchev–Trinajstić information content (AvgIpc) is 2.50. The van der Waals surface area contributed by atoms with Gasteiger partial charge >= 0.3 is 0 Å². The van der Waals surface area contributed by atoms with Crippen LogP contribution in [0.5, 0.6) is 0 Å². The lowest BCUT2D eigenvalue weighted by molar-refractivity contribution is 0.756. The van der Waals surface area contributed by atoms with Gasteiger partial charge in [-0.2, -0.15) is 5.10 Å². The normalized spacial score (nSPS) is 10.7. The van der Waals surface area contributed by atoms with E-state index in [2.05, 4.69) is 15.1 Å². The Hall–Kier alpha value is -1.71. The highest BCUT2D eigenvalue weighted by Crippen LogP contribution is 2.22. The third-order valence-electron chi connectivity index (χ3n) is 2.36. The lowest BCUT2D eigenvalue weighted by Gasteiger charge is -2.03. The fourth-order valence-corrected chi connectivity index (χ4v) is 1.63. The second kappa shape index (κ2) is 3.46. The molecule has 0 spiro atoms. The number of nitrogens with zero attached hydrogens (tertiary/aromatic N) is 4. The Morgan fingerprint density at radius 1 is 1.20 bits per heavy atom. The average molecular weight is 202 g/mol. The van der Waals surface area contributed by atoms with E-state index in [4.69, 9.17) is 0 Å². The van der Waals surface area contributed by atoms with Crippen molar-refractivity contribution in [2.75, 3.05) is 0 Å². The summed E-state index contributed by atoms with van der Waals surface area (Å²) in [6.07, 6.45) is 3.84. The lowest BCUT2D eigenvalue weighted by atomic mass is 10.1. The smallest absolute Gasteiger partial charge is 0.125 e. The summed E-state index contributed by atoms with van der Waals surface area (Å²) in [6.45, 7) is 5.90. The summed E-state index contributed by atoms with van der Waals surface area (Å²) in [4.78, 5) is 8.62. The van der Waals surface area contributed by atoms with E-state index in [0.29, 0.717) is 0 Å². The van der Waals surface area contributed by atoms with Gasteiger partial charge in [-0.25, -0.2) is 9.97 Å². The first kappa shape index (κ1) is 9.83. The Morgan fingerprint density at radius 2 is 1.93 bits per heavy atom. The molecule has 4 heteroatoms. The highest BCUT2D eigenvalue weighted by molar-refractivity contribution is 5.63. The predicted molar refractivity (Wildman–Crippen MR) is 58.4 cm³/mol. The second-order valence-corrected chi connectivity index (χ2v) is 3.75. The van der Waals surface area contributed by atoms with E-state index in [9.17, 15) is 0 Å². The van der Waals surface area contributed by atoms with Crippen LogP contribution in [-0.4, -0.2) is 19.7 Å². The fourth-order valence-electron chi connectivity index (χ4n) is 1.63. The molecule has 4 nitrogen and oxygen atoms in total. The largest absolute Gasteiger partial charge is 0.275 e. The van der Waals surface area contributed by atoms with Crippen molar-refractivity contribution in [2.45, 2.75) is 20.8 Å². The van der Waals surface area contributed by atoms with Crippen molar-refractivity contribution in [2.24, 2.45) is 7.05 Å². The first-order valence-corrected chi connectivity index (χ1v) is 4.89. The van der Waals surface area contributed by atoms with E-state index in [-0.39, 0.29) is 0 Å². The number of aryl methyl sites for hydroxylation is 4. The molecule has 78 valence electrons. The zero-order chi connectivity index (χ0) is 11.0. The molecule has 2 aromatic heterocycles. The number of hydrogen-bond acceptors (Lipinski definition) is 3. The standard InChI is InChI=1S/C11H14N4/c1-7-5-12-9(3)13-11(7)10-6-15(4)14-8(10)2/h5-6H,1-4H3. The minimum absolute atomic E-state index is 0.791. The first-order valence-electron chi connectivity index (χ1n) is 4.89. The van der Waals surface area contributed by atoms with Crippen molar-refractivity contribution in [3.63, 3.8) is 0 Å². The quantitative estimate of drug-likeness (QED) is 0.708. The summed E-state index contributed by atoms with van der Waals surface area (Å²) in [5, 5.41) is 4.31. The predicted octanol–water partition coefficient (Wildman–Crippen LogP) is 1.80. The summed E-state index contributed by atoms with van der Waals surface area (Å²) in [7, 11) is 1.92. The Morgan fingerprint density at radius 3 is 2.53 bits per heavy atom. The Bertz CT molecular complexity index is 499. The van der Waals surface area contributed by atoms with Crippen LogP contribution in [0.4, 0.5) is 0 Å². The van der Waals surface area contributed by atoms with Gasteiger partial charge in [0.05, 0.1) is 11.4 Å². The molecule has 0 fully saturated rings. The highest BCUT2D eigenvalue weighted by Gasteiger charge is 2.10. The Labute approximate surface area is 89.0 Å². The second-order valence-electron chi connectivity index (χ2n) is 3.75. The van der Waals surface area contributed by atoms with Crippen molar-refractivity contribution in [3.8, 4) is 11.3 Å². The molecule has 0 aliphatic heterocycles. The summed E-state index contributed by atoms with van der Waals surface area (Å²) < 4.78 is 1.81. The van der Waals surface area contributed by atoms with Crippen LogP contribution in [0.3, 0.4) is 0 Å². The van der Waals surface area contributed by atoms with E-state index >= 15 is 0 Å². The molecule has 0 saturated carbocycles. The maximum absolute atomic E-state index is 4.45. The van der Waals surface area contributed by atoms with Gasteiger partial charge in [0.2, 0.25) is 0 Å². The molecule has 0 saturated heterocycles. The van der Waals surface area contributed by atoms with Crippen LogP contribution in [0, 0.1) is 20.8 Å². The van der Waals surface area contributed by atoms with Crippen LogP contribution in [0.1, 0.15) is 17.1 Å². The van der Waals surface area contributed by atoms with Crippen molar-refractivity contribution >= 4 is 0 Å². The third-order valence-corrected chi connectivity index (χ3v) is 2.36. The van der Waals surface area contributed by atoms with E-state index in [1.54, 1.807) is 0 Å². The molecule has 0 amide bonds. The van der Waals surface area contributed by atoms with E-state index < -0.39 is 0 Å². The van der Waals surface area contributed by atoms with Crippen molar-refractivity contribution in [1.82, 2.24) is 19.7 Å². The maximum Gasteiger partial charge on any atom is 0.125 e. The lowest BCUT2D eigenvalue weighted by Crippen LogP contribution is -1.94. The third kappa shape index (κ3) is 1.75. The van der Waals surface area contributed by atoms with Gasteiger partial charge < -0.3 is 0 Å². The van der Waals surface area contributed by atoms with E-state index in [0.717, 1.165) is 28.3 Å². The molecule has 0 radical (unpaired) electrons. The van der Waals surface area contributed by atoms with Crippen LogP contribution in [0.15, 0.2) is 12.4 Å². The topological polar surface area (TPSA) is 43.6 Å². The summed E-state index contributed by atoms with van der Waals surface area (Å²) in [6, 6.07) is 0. The molecule has 2 rings (SSSR count). The Kier molecular flexibility index (Phi) is 2.26. The maximum atomic E-state index is 4.45. The first-order chi connectivity index (χ1) is 7.08. The van der Waals surface area contributed by atoms with Crippen LogP contribution in [-0.2, 0) is 7.05 Å². The monoisotopic (exact) mass is 202 g/mol. The SMILES string of the molecule is Cc1ncc(C)c(-c2cn(C)nc2C)n1. The van der Waals surface area contributed by atoms with Crippen LogP contribution in [0.25, 0.3) is 11.3 Å². The fraction of sp³-hybridized carbons (Fsp3) is 0.364. The number of hydrogen-bond donors (Lipinski definition) is 0. The van der Waals surface area contributed by atoms with Gasteiger partial charge in [-0.15, -0.1) is 0 Å². The summed E-state index contributed by atoms with van der Waals surface area (Å²) in [5.74, 6) is 0.791. The van der Waals surface area contributed by atoms with Gasteiger partial charge in [0, 0.05) is 25.0 Å². The minimum Gasteiger partial charge on any atom is -0.275 e. The molecule has 0 bridgehead atoms. The van der Waals surface area contributed by atoms with Gasteiger partial charge in [0.1, 0.15) is 5.82 Å². The van der Waals surface area contributed by atoms with E-state index in [1.807, 2.05) is 44.9 Å². The van der Waals surface area contributed by atoms with Crippen LogP contribution >= 0.6 is 0 Å². The van der Waals surface area contributed by atoms with Crippen LogP contribution in [0.2, 0.25) is 0 Å². The molecule has 0 atom stereocenters. The van der Waals surface area contributed by atoms with Gasteiger partial charge in [-0.05, 0) is 26.3 Å². The van der Waals surface area contributed by atoms with Gasteiger partial charge in [-0.3, -0.25) is 4.68 Å². The molecule has 15 heavy (non-hydrogen) atoms. The molecular formula is C11H14N4. The van der Waals surface area contributed by atoms with Crippen molar-refractivity contribution in [1.29, 1.82) is 0 Å². The molecule has 2 heterocycles. The molecule has 0 aromatic carbocycles. The van der Waals surface area contributed by atoms with Crippen molar-refractivity contribution in [3.05, 3.63) is 29.5 Å². The van der Waals surface area contributed by atoms with Gasteiger partial charge in [0.15, 0.2) is 0 Å². The molecule has 0 N–H and O–H groups in total. The number of rotatable bonds is 1. The molecule has 2 aromatic rings. The summed E-state index contributed by atoms with van der Waals surface area (Å²) >= 11 is 0. The summed E-state index contributed by atoms with van der Waals surface area (Å²) in [5.41, 5.74) is 4.14. The molecule has 0 aliphatic carbocycles. The molecular weight excluding hydrogens is 188 g/mol. The van der Waals surface area contributed by atoms with Crippen molar-refractivity contribution < 1.29 is 0 Å². The number of aromatic nitrogens is 4. The zero-order valence-electron chi connectivity index (χ0n) is 9.44. The van der Waals surface area contributed by atoms with E-state index in [1.165, 1.54) is 0 Å². The zero-order valence-corrected chi connectivity index (χ0v) is 9.44. The molecule has 0 aliphatic rings. The Balaban J connectivity index is 2.62. The minimum atomic E-state index is 0.791. The van der Waals surface area contributed by atoms with Gasteiger partial charge in [-0.1, -0.05) is 0 Å². The van der Waals surface area contributed by atoms with Gasteiger partial charge in [0.25, 0.3) is 0 Å². The van der Waals surface area contributed by atoms with Crippen LogP contribution < -0.4 is 0 Å². The molecule has 0 unspecified atom stereocenters.